The fourth-order valence-electron chi connectivity index (χ4n) is 3.65. The van der Waals surface area contributed by atoms with Gasteiger partial charge >= 0.3 is 0 Å². The van der Waals surface area contributed by atoms with Gasteiger partial charge in [0.25, 0.3) is 5.91 Å². The molecule has 2 atom stereocenters. The zero-order valence-electron chi connectivity index (χ0n) is 16.1. The topological polar surface area (TPSA) is 49.0 Å². The van der Waals surface area contributed by atoms with Gasteiger partial charge in [0, 0.05) is 18.2 Å². The number of nitrogens with zero attached hydrogens (tertiary/aromatic N) is 2. The molecule has 2 aromatic carbocycles. The molecular weight excluding hydrogens is 341 g/mol. The van der Waals surface area contributed by atoms with Crippen LogP contribution in [0, 0.1) is 5.82 Å². The lowest BCUT2D eigenvalue weighted by atomic mass is 9.91. The van der Waals surface area contributed by atoms with Crippen molar-refractivity contribution in [2.24, 2.45) is 0 Å². The van der Waals surface area contributed by atoms with Gasteiger partial charge in [-0.3, -0.25) is 4.79 Å². The molecule has 5 heteroatoms. The van der Waals surface area contributed by atoms with Crippen LogP contribution >= 0.6 is 0 Å². The largest absolute Gasteiger partial charge is 0.345 e. The molecule has 1 amide bonds. The van der Waals surface area contributed by atoms with Crippen molar-refractivity contribution in [3.8, 4) is 0 Å². The summed E-state index contributed by atoms with van der Waals surface area (Å²) >= 11 is 0. The predicted molar refractivity (Wildman–Crippen MR) is 106 cm³/mol. The molecule has 0 saturated heterocycles. The van der Waals surface area contributed by atoms with Gasteiger partial charge in [0.2, 0.25) is 0 Å². The molecule has 142 valence electrons. The molecule has 0 aliphatic rings. The Morgan fingerprint density at radius 1 is 1.19 bits per heavy atom. The highest BCUT2D eigenvalue weighted by Gasteiger charge is 2.24. The average molecular weight is 367 g/mol. The third-order valence-corrected chi connectivity index (χ3v) is 5.25. The number of H-pyrrole nitrogens is 1. The van der Waals surface area contributed by atoms with E-state index >= 15 is 0 Å². The van der Waals surface area contributed by atoms with Gasteiger partial charge in [-0.25, -0.2) is 9.37 Å². The summed E-state index contributed by atoms with van der Waals surface area (Å²) in [6, 6.07) is 12.4. The van der Waals surface area contributed by atoms with Gasteiger partial charge in [0.15, 0.2) is 0 Å². The Balaban J connectivity index is 1.78. The molecule has 0 aliphatic heterocycles. The number of imidazole rings is 1. The fraction of sp³-hybridized carbons (Fsp3) is 0.364. The molecule has 27 heavy (non-hydrogen) atoms. The predicted octanol–water partition coefficient (Wildman–Crippen LogP) is 5.14. The van der Waals surface area contributed by atoms with Crippen molar-refractivity contribution >= 4 is 16.9 Å². The quantitative estimate of drug-likeness (QED) is 0.629. The van der Waals surface area contributed by atoms with Gasteiger partial charge in [0.05, 0.1) is 17.4 Å². The van der Waals surface area contributed by atoms with Crippen LogP contribution in [-0.4, -0.2) is 33.4 Å². The summed E-state index contributed by atoms with van der Waals surface area (Å²) in [6.45, 7) is 6.89. The minimum atomic E-state index is -0.225. The van der Waals surface area contributed by atoms with Crippen molar-refractivity contribution in [1.29, 1.82) is 0 Å². The van der Waals surface area contributed by atoms with Crippen LogP contribution < -0.4 is 0 Å². The van der Waals surface area contributed by atoms with Crippen molar-refractivity contribution in [3.05, 3.63) is 65.7 Å². The van der Waals surface area contributed by atoms with E-state index in [1.54, 1.807) is 6.33 Å². The summed E-state index contributed by atoms with van der Waals surface area (Å²) in [5, 5.41) is 0. The molecule has 1 N–H and O–H groups in total. The van der Waals surface area contributed by atoms with E-state index in [0.717, 1.165) is 29.4 Å². The molecule has 4 nitrogen and oxygen atoms in total. The second-order valence-corrected chi connectivity index (χ2v) is 6.98. The molecule has 0 radical (unpaired) electrons. The van der Waals surface area contributed by atoms with Gasteiger partial charge in [-0.05, 0) is 61.6 Å². The first kappa shape index (κ1) is 19.1. The molecular formula is C22H26FN3O. The third kappa shape index (κ3) is 4.18. The van der Waals surface area contributed by atoms with Gasteiger partial charge in [0.1, 0.15) is 5.82 Å². The van der Waals surface area contributed by atoms with E-state index in [0.29, 0.717) is 12.1 Å². The maximum absolute atomic E-state index is 13.2. The Kier molecular flexibility index (Phi) is 5.89. The second-order valence-electron chi connectivity index (χ2n) is 6.98. The van der Waals surface area contributed by atoms with Crippen LogP contribution in [0.3, 0.4) is 0 Å². The molecule has 0 bridgehead atoms. The lowest BCUT2D eigenvalue weighted by molar-refractivity contribution is 0.0670. The van der Waals surface area contributed by atoms with Crippen LogP contribution in [0.4, 0.5) is 4.39 Å². The van der Waals surface area contributed by atoms with E-state index in [-0.39, 0.29) is 23.7 Å². The number of rotatable bonds is 7. The van der Waals surface area contributed by atoms with E-state index < -0.39 is 0 Å². The van der Waals surface area contributed by atoms with Crippen molar-refractivity contribution < 1.29 is 9.18 Å². The molecule has 0 spiro atoms. The Bertz CT molecular complexity index is 903. The van der Waals surface area contributed by atoms with Crippen molar-refractivity contribution in [2.75, 3.05) is 6.54 Å². The smallest absolute Gasteiger partial charge is 0.254 e. The third-order valence-electron chi connectivity index (χ3n) is 5.25. The first-order chi connectivity index (χ1) is 13.0. The first-order valence-corrected chi connectivity index (χ1v) is 9.53. The van der Waals surface area contributed by atoms with Crippen LogP contribution in [0.25, 0.3) is 11.0 Å². The summed E-state index contributed by atoms with van der Waals surface area (Å²) in [4.78, 5) is 22.4. The lowest BCUT2D eigenvalue weighted by Gasteiger charge is -2.32. The Morgan fingerprint density at radius 3 is 2.59 bits per heavy atom. The maximum Gasteiger partial charge on any atom is 0.254 e. The molecule has 1 aromatic heterocycles. The number of aromatic amines is 1. The highest BCUT2D eigenvalue weighted by atomic mass is 19.1. The van der Waals surface area contributed by atoms with E-state index in [2.05, 4.69) is 23.8 Å². The number of aromatic nitrogens is 2. The molecule has 0 fully saturated rings. The first-order valence-electron chi connectivity index (χ1n) is 9.53. The monoisotopic (exact) mass is 367 g/mol. The Morgan fingerprint density at radius 2 is 1.93 bits per heavy atom. The van der Waals surface area contributed by atoms with E-state index in [1.165, 1.54) is 12.1 Å². The van der Waals surface area contributed by atoms with E-state index in [9.17, 15) is 9.18 Å². The SMILES string of the molecule is CC[C@H](C[C@@H](C)c1ccc(F)cc1)N(CC)C(=O)c1ccc2[nH]cnc2c1. The molecule has 0 aliphatic carbocycles. The molecule has 3 aromatic rings. The summed E-state index contributed by atoms with van der Waals surface area (Å²) in [7, 11) is 0. The number of hydrogen-bond donors (Lipinski definition) is 1. The molecule has 0 saturated carbocycles. The number of halogens is 1. The number of amides is 1. The Labute approximate surface area is 159 Å². The van der Waals surface area contributed by atoms with Gasteiger partial charge in [-0.2, -0.15) is 0 Å². The van der Waals surface area contributed by atoms with Crippen LogP contribution in [0.5, 0.6) is 0 Å². The summed E-state index contributed by atoms with van der Waals surface area (Å²) in [5.41, 5.74) is 3.47. The number of benzene rings is 2. The van der Waals surface area contributed by atoms with Crippen LogP contribution in [-0.2, 0) is 0 Å². The zero-order chi connectivity index (χ0) is 19.4. The summed E-state index contributed by atoms with van der Waals surface area (Å²) < 4.78 is 13.2. The van der Waals surface area contributed by atoms with Crippen LogP contribution in [0.15, 0.2) is 48.8 Å². The summed E-state index contributed by atoms with van der Waals surface area (Å²) in [6.07, 6.45) is 3.35. The number of nitrogens with one attached hydrogen (secondary N) is 1. The second kappa shape index (κ2) is 8.33. The van der Waals surface area contributed by atoms with Crippen molar-refractivity contribution in [3.63, 3.8) is 0 Å². The highest BCUT2D eigenvalue weighted by molar-refractivity contribution is 5.97. The van der Waals surface area contributed by atoms with Crippen LogP contribution in [0.2, 0.25) is 0 Å². The zero-order valence-corrected chi connectivity index (χ0v) is 16.1. The standard InChI is InChI=1S/C22H26FN3O/c1-4-19(12-15(3)16-6-9-18(23)10-7-16)26(5-2)22(27)17-8-11-20-21(13-17)25-14-24-20/h6-11,13-15,19H,4-5,12H2,1-3H3,(H,24,25)/t15-,19-/m1/s1. The van der Waals surface area contributed by atoms with E-state index in [1.807, 2.05) is 42.2 Å². The van der Waals surface area contributed by atoms with Gasteiger partial charge in [-0.1, -0.05) is 26.0 Å². The number of hydrogen-bond acceptors (Lipinski definition) is 2. The Hall–Kier alpha value is -2.69. The van der Waals surface area contributed by atoms with Gasteiger partial charge in [-0.15, -0.1) is 0 Å². The number of carbonyl (C=O) groups excluding carboxylic acids is 1. The molecule has 0 unspecified atom stereocenters. The average Bonchev–Trinajstić information content (AvgIpc) is 3.15. The normalized spacial score (nSPS) is 13.5. The number of fused-ring (bicyclic) bond motifs is 1. The summed E-state index contributed by atoms with van der Waals surface area (Å²) in [5.74, 6) is 0.0453. The molecule has 3 rings (SSSR count). The van der Waals surface area contributed by atoms with E-state index in [4.69, 9.17) is 0 Å². The minimum Gasteiger partial charge on any atom is -0.345 e. The van der Waals surface area contributed by atoms with Crippen molar-refractivity contribution in [1.82, 2.24) is 14.9 Å². The van der Waals surface area contributed by atoms with Crippen LogP contribution in [0.1, 0.15) is 55.5 Å². The van der Waals surface area contributed by atoms with Gasteiger partial charge < -0.3 is 9.88 Å². The highest BCUT2D eigenvalue weighted by Crippen LogP contribution is 2.26. The number of carbonyl (C=O) groups is 1. The minimum absolute atomic E-state index is 0.0283. The fourth-order valence-corrected chi connectivity index (χ4v) is 3.65. The molecule has 1 heterocycles. The van der Waals surface area contributed by atoms with Crippen molar-refractivity contribution in [2.45, 2.75) is 45.6 Å². The lowest BCUT2D eigenvalue weighted by Crippen LogP contribution is -2.40. The maximum atomic E-state index is 13.2.